The second kappa shape index (κ2) is 4.44. The lowest BCUT2D eigenvalue weighted by molar-refractivity contribution is 0.0946. The molecule has 16 heavy (non-hydrogen) atoms. The van der Waals surface area contributed by atoms with Crippen molar-refractivity contribution in [1.82, 2.24) is 10.6 Å². The molecule has 1 aromatic carbocycles. The fraction of sp³-hybridized carbons (Fsp3) is 0.417. The van der Waals surface area contributed by atoms with Gasteiger partial charge in [0, 0.05) is 24.7 Å². The van der Waals surface area contributed by atoms with Gasteiger partial charge in [-0.05, 0) is 24.0 Å². The summed E-state index contributed by atoms with van der Waals surface area (Å²) in [7, 11) is 0. The highest BCUT2D eigenvalue weighted by Crippen LogP contribution is 2.41. The van der Waals surface area contributed by atoms with E-state index in [1.54, 1.807) is 0 Å². The Hall–Kier alpha value is -1.06. The second-order valence-corrected chi connectivity index (χ2v) is 4.35. The molecule has 1 saturated heterocycles. The molecule has 2 aliphatic rings. The molecule has 3 nitrogen and oxygen atoms in total. The van der Waals surface area contributed by atoms with E-state index in [0.717, 1.165) is 18.7 Å². The van der Waals surface area contributed by atoms with Gasteiger partial charge < -0.3 is 10.6 Å². The minimum absolute atomic E-state index is 0. The number of fused-ring (bicyclic) bond motifs is 1. The number of rotatable bonds is 2. The van der Waals surface area contributed by atoms with Crippen LogP contribution in [0.15, 0.2) is 30.3 Å². The third-order valence-corrected chi connectivity index (χ3v) is 3.43. The Balaban J connectivity index is 0.000000963. The van der Waals surface area contributed by atoms with Gasteiger partial charge in [-0.2, -0.15) is 0 Å². The smallest absolute Gasteiger partial charge is 0.251 e. The van der Waals surface area contributed by atoms with E-state index >= 15 is 0 Å². The number of benzene rings is 1. The molecule has 1 aromatic rings. The number of nitrogens with one attached hydrogen (secondary N) is 2. The van der Waals surface area contributed by atoms with Crippen LogP contribution in [0, 0.1) is 11.8 Å². The first-order valence-corrected chi connectivity index (χ1v) is 5.43. The van der Waals surface area contributed by atoms with Crippen LogP contribution in [0.25, 0.3) is 0 Å². The van der Waals surface area contributed by atoms with Gasteiger partial charge in [-0.1, -0.05) is 18.2 Å². The fourth-order valence-electron chi connectivity index (χ4n) is 2.46. The zero-order chi connectivity index (χ0) is 10.3. The molecule has 2 atom stereocenters. The van der Waals surface area contributed by atoms with Gasteiger partial charge in [0.2, 0.25) is 0 Å². The van der Waals surface area contributed by atoms with Crippen molar-refractivity contribution < 1.29 is 4.79 Å². The summed E-state index contributed by atoms with van der Waals surface area (Å²) >= 11 is 0. The SMILES string of the molecule is Cl.O=C(NC1C2CNCC21)c1ccccc1. The van der Waals surface area contributed by atoms with Crippen molar-refractivity contribution in [2.45, 2.75) is 6.04 Å². The van der Waals surface area contributed by atoms with E-state index in [1.165, 1.54) is 0 Å². The van der Waals surface area contributed by atoms with E-state index in [2.05, 4.69) is 10.6 Å². The van der Waals surface area contributed by atoms with Gasteiger partial charge in [-0.3, -0.25) is 4.79 Å². The highest BCUT2D eigenvalue weighted by molar-refractivity contribution is 5.94. The van der Waals surface area contributed by atoms with E-state index in [1.807, 2.05) is 30.3 Å². The van der Waals surface area contributed by atoms with Crippen LogP contribution in [0.4, 0.5) is 0 Å². The zero-order valence-electron chi connectivity index (χ0n) is 8.85. The Morgan fingerprint density at radius 1 is 1.19 bits per heavy atom. The van der Waals surface area contributed by atoms with E-state index in [-0.39, 0.29) is 18.3 Å². The maximum Gasteiger partial charge on any atom is 0.251 e. The summed E-state index contributed by atoms with van der Waals surface area (Å²) in [5.41, 5.74) is 0.760. The number of halogens is 1. The monoisotopic (exact) mass is 238 g/mol. The van der Waals surface area contributed by atoms with Crippen LogP contribution < -0.4 is 10.6 Å². The lowest BCUT2D eigenvalue weighted by Gasteiger charge is -2.07. The first-order chi connectivity index (χ1) is 7.36. The van der Waals surface area contributed by atoms with Crippen LogP contribution in [0.3, 0.4) is 0 Å². The maximum atomic E-state index is 11.8. The highest BCUT2D eigenvalue weighted by Gasteiger charge is 2.53. The van der Waals surface area contributed by atoms with Crippen molar-refractivity contribution in [2.75, 3.05) is 13.1 Å². The number of piperidine rings is 1. The lowest BCUT2D eigenvalue weighted by atomic mass is 10.2. The third-order valence-electron chi connectivity index (χ3n) is 3.43. The number of carbonyl (C=O) groups is 1. The standard InChI is InChI=1S/C12H14N2O.ClH/c15-12(8-4-2-1-3-5-8)14-11-9-6-13-7-10(9)11;/h1-5,9-11,13H,6-7H2,(H,14,15);1H. The summed E-state index contributed by atoms with van der Waals surface area (Å²) in [6.07, 6.45) is 0. The van der Waals surface area contributed by atoms with Gasteiger partial charge in [-0.15, -0.1) is 12.4 Å². The fourth-order valence-corrected chi connectivity index (χ4v) is 2.46. The molecule has 1 saturated carbocycles. The van der Waals surface area contributed by atoms with E-state index in [9.17, 15) is 4.79 Å². The molecular formula is C12H15ClN2O. The first-order valence-electron chi connectivity index (χ1n) is 5.43. The van der Waals surface area contributed by atoms with Crippen LogP contribution >= 0.6 is 12.4 Å². The van der Waals surface area contributed by atoms with Crippen LogP contribution in [0.5, 0.6) is 0 Å². The molecule has 86 valence electrons. The largest absolute Gasteiger partial charge is 0.349 e. The Morgan fingerprint density at radius 3 is 2.44 bits per heavy atom. The summed E-state index contributed by atoms with van der Waals surface area (Å²) in [6.45, 7) is 2.12. The average molecular weight is 239 g/mol. The number of carbonyl (C=O) groups excluding carboxylic acids is 1. The zero-order valence-corrected chi connectivity index (χ0v) is 9.67. The van der Waals surface area contributed by atoms with E-state index < -0.39 is 0 Å². The van der Waals surface area contributed by atoms with Gasteiger partial charge in [0.05, 0.1) is 0 Å². The molecular weight excluding hydrogens is 224 g/mol. The molecule has 4 heteroatoms. The minimum atomic E-state index is 0. The van der Waals surface area contributed by atoms with Crippen molar-refractivity contribution in [3.05, 3.63) is 35.9 Å². The van der Waals surface area contributed by atoms with Crippen LogP contribution in [-0.4, -0.2) is 25.0 Å². The second-order valence-electron chi connectivity index (χ2n) is 4.35. The van der Waals surface area contributed by atoms with Crippen LogP contribution in [-0.2, 0) is 0 Å². The molecule has 0 spiro atoms. The number of amides is 1. The average Bonchev–Trinajstić information content (AvgIpc) is 2.75. The third kappa shape index (κ3) is 1.93. The molecule has 0 bridgehead atoms. The van der Waals surface area contributed by atoms with Crippen molar-refractivity contribution >= 4 is 18.3 Å². The molecule has 0 aromatic heterocycles. The molecule has 0 radical (unpaired) electrons. The molecule has 2 N–H and O–H groups in total. The molecule has 3 rings (SSSR count). The molecule has 2 fully saturated rings. The van der Waals surface area contributed by atoms with Gasteiger partial charge >= 0.3 is 0 Å². The number of hydrogen-bond acceptors (Lipinski definition) is 2. The summed E-state index contributed by atoms with van der Waals surface area (Å²) in [5, 5.41) is 6.41. The summed E-state index contributed by atoms with van der Waals surface area (Å²) in [5.74, 6) is 1.42. The van der Waals surface area contributed by atoms with Crippen molar-refractivity contribution in [2.24, 2.45) is 11.8 Å². The summed E-state index contributed by atoms with van der Waals surface area (Å²) in [6, 6.07) is 9.83. The van der Waals surface area contributed by atoms with Gasteiger partial charge in [-0.25, -0.2) is 0 Å². The predicted octanol–water partition coefficient (Wildman–Crippen LogP) is 1.06. The van der Waals surface area contributed by atoms with E-state index in [4.69, 9.17) is 0 Å². The lowest BCUT2D eigenvalue weighted by Crippen LogP contribution is -2.32. The number of hydrogen-bond donors (Lipinski definition) is 2. The minimum Gasteiger partial charge on any atom is -0.349 e. The Bertz CT molecular complexity index is 372. The van der Waals surface area contributed by atoms with Gasteiger partial charge in [0.15, 0.2) is 0 Å². The predicted molar refractivity (Wildman–Crippen MR) is 64.8 cm³/mol. The first kappa shape index (κ1) is 11.4. The quantitative estimate of drug-likeness (QED) is 0.809. The molecule has 2 unspecified atom stereocenters. The summed E-state index contributed by atoms with van der Waals surface area (Å²) < 4.78 is 0. The van der Waals surface area contributed by atoms with Crippen molar-refractivity contribution in [3.63, 3.8) is 0 Å². The Labute approximate surface area is 101 Å². The Morgan fingerprint density at radius 2 is 1.81 bits per heavy atom. The highest BCUT2D eigenvalue weighted by atomic mass is 35.5. The van der Waals surface area contributed by atoms with Gasteiger partial charge in [0.1, 0.15) is 0 Å². The Kier molecular flexibility index (Phi) is 3.17. The molecule has 1 heterocycles. The molecule has 1 aliphatic carbocycles. The topological polar surface area (TPSA) is 41.1 Å². The molecule has 1 aliphatic heterocycles. The van der Waals surface area contributed by atoms with Gasteiger partial charge in [0.25, 0.3) is 5.91 Å². The van der Waals surface area contributed by atoms with Crippen molar-refractivity contribution in [3.8, 4) is 0 Å². The van der Waals surface area contributed by atoms with Crippen LogP contribution in [0.1, 0.15) is 10.4 Å². The summed E-state index contributed by atoms with van der Waals surface area (Å²) in [4.78, 5) is 11.8. The maximum absolute atomic E-state index is 11.8. The normalized spacial score (nSPS) is 30.1. The van der Waals surface area contributed by atoms with Crippen LogP contribution in [0.2, 0.25) is 0 Å². The van der Waals surface area contributed by atoms with Crippen molar-refractivity contribution in [1.29, 1.82) is 0 Å². The van der Waals surface area contributed by atoms with E-state index in [0.29, 0.717) is 17.9 Å². The molecule has 1 amide bonds.